The Morgan fingerprint density at radius 1 is 1.22 bits per heavy atom. The van der Waals surface area contributed by atoms with Gasteiger partial charge in [0.1, 0.15) is 0 Å². The Morgan fingerprint density at radius 2 is 1.89 bits per heavy atom. The summed E-state index contributed by atoms with van der Waals surface area (Å²) in [6, 6.07) is 0. The fraction of sp³-hybridized carbons (Fsp3) is 1.00. The van der Waals surface area contributed by atoms with Crippen LogP contribution in [-0.4, -0.2) is 13.1 Å². The van der Waals surface area contributed by atoms with E-state index in [-0.39, 0.29) is 2.85 Å². The molecule has 0 amide bonds. The van der Waals surface area contributed by atoms with E-state index in [4.69, 9.17) is 0 Å². The van der Waals surface area contributed by atoms with Gasteiger partial charge in [-0.3, -0.25) is 0 Å². The summed E-state index contributed by atoms with van der Waals surface area (Å²) < 4.78 is 0. The van der Waals surface area contributed by atoms with Crippen LogP contribution in [-0.2, 0) is 0 Å². The minimum absolute atomic E-state index is 0. The molecule has 1 aliphatic carbocycles. The van der Waals surface area contributed by atoms with Gasteiger partial charge in [-0.25, -0.2) is 0 Å². The van der Waals surface area contributed by atoms with Gasteiger partial charge in [0.15, 0.2) is 0 Å². The number of nitrogens with one attached hydrogen (secondary N) is 1. The molecule has 1 aliphatic heterocycles. The van der Waals surface area contributed by atoms with Crippen LogP contribution in [0.25, 0.3) is 0 Å². The van der Waals surface area contributed by atoms with Crippen molar-refractivity contribution in [2.75, 3.05) is 13.1 Å². The molecule has 0 atom stereocenters. The predicted molar refractivity (Wildman–Crippen MR) is 44.7 cm³/mol. The summed E-state index contributed by atoms with van der Waals surface area (Å²) >= 11 is 0. The van der Waals surface area contributed by atoms with E-state index in [2.05, 4.69) is 5.32 Å². The Morgan fingerprint density at radius 3 is 2.11 bits per heavy atom. The highest BCUT2D eigenvalue weighted by molar-refractivity contribution is 4.98. The topological polar surface area (TPSA) is 12.0 Å². The molecule has 0 aromatic heterocycles. The molecule has 0 radical (unpaired) electrons. The molecule has 1 saturated heterocycles. The first-order valence-corrected chi connectivity index (χ1v) is 4.12. The predicted octanol–water partition coefficient (Wildman–Crippen LogP) is 2.28. The van der Waals surface area contributed by atoms with Crippen molar-refractivity contribution in [3.8, 4) is 0 Å². The van der Waals surface area contributed by atoms with E-state index in [0.29, 0.717) is 0 Å². The van der Waals surface area contributed by atoms with Crippen LogP contribution in [0.5, 0.6) is 0 Å². The zero-order valence-electron chi connectivity index (χ0n) is 6.54. The Hall–Kier alpha value is -0.0400. The van der Waals surface area contributed by atoms with Gasteiger partial charge in [-0.1, -0.05) is 13.8 Å². The van der Waals surface area contributed by atoms with Crippen molar-refractivity contribution >= 4 is 0 Å². The molecule has 58 valence electrons. The first kappa shape index (κ1) is 7.07. The Labute approximate surface area is 60.8 Å². The third-order valence-electron chi connectivity index (χ3n) is 2.29. The maximum Gasteiger partial charge on any atom is 0.000829 e. The molecule has 0 aromatic carbocycles. The normalized spacial score (nSPS) is 27.3. The smallest absolute Gasteiger partial charge is 0.000829 e. The van der Waals surface area contributed by atoms with E-state index in [9.17, 15) is 0 Å². The van der Waals surface area contributed by atoms with Crippen LogP contribution in [0.1, 0.15) is 36.0 Å². The second-order valence-corrected chi connectivity index (χ2v) is 2.93. The van der Waals surface area contributed by atoms with Crippen LogP contribution < -0.4 is 5.32 Å². The molecule has 9 heavy (non-hydrogen) atoms. The molecule has 1 N–H and O–H groups in total. The van der Waals surface area contributed by atoms with Crippen molar-refractivity contribution in [2.24, 2.45) is 5.41 Å². The Kier molecular flexibility index (Phi) is 2.12. The largest absolute Gasteiger partial charge is 0.316 e. The maximum absolute atomic E-state index is 3.38. The van der Waals surface area contributed by atoms with Crippen molar-refractivity contribution in [3.63, 3.8) is 0 Å². The van der Waals surface area contributed by atoms with E-state index in [1.165, 1.54) is 32.4 Å². The molecule has 0 unspecified atom stereocenters. The van der Waals surface area contributed by atoms with E-state index in [1.54, 1.807) is 0 Å². The van der Waals surface area contributed by atoms with Crippen molar-refractivity contribution in [1.29, 1.82) is 0 Å². The zero-order valence-corrected chi connectivity index (χ0v) is 6.54. The zero-order chi connectivity index (χ0) is 6.74. The van der Waals surface area contributed by atoms with Crippen molar-refractivity contribution in [1.82, 2.24) is 5.32 Å². The summed E-state index contributed by atoms with van der Waals surface area (Å²) in [5, 5.41) is 3.38. The molecular weight excluding hydrogens is 110 g/mol. The molecule has 1 heteroatoms. The molecule has 1 heterocycles. The summed E-state index contributed by atoms with van der Waals surface area (Å²) in [4.78, 5) is 0. The number of hydrogen-bond acceptors (Lipinski definition) is 1. The lowest BCUT2D eigenvalue weighted by Crippen LogP contribution is -2.08. The minimum atomic E-state index is 0. The first-order valence-electron chi connectivity index (χ1n) is 4.12. The molecule has 0 aromatic rings. The van der Waals surface area contributed by atoms with Crippen LogP contribution in [0, 0.1) is 5.41 Å². The molecule has 2 fully saturated rings. The van der Waals surface area contributed by atoms with Crippen LogP contribution in [0.15, 0.2) is 0 Å². The lowest BCUT2D eigenvalue weighted by Gasteiger charge is -1.96. The molecular formula is C8H21N. The van der Waals surface area contributed by atoms with Crippen LogP contribution in [0.3, 0.4) is 0 Å². The fourth-order valence-electron chi connectivity index (χ4n) is 1.40. The second kappa shape index (κ2) is 2.70. The van der Waals surface area contributed by atoms with E-state index < -0.39 is 0 Å². The number of rotatable bonds is 0. The second-order valence-electron chi connectivity index (χ2n) is 2.93. The van der Waals surface area contributed by atoms with Gasteiger partial charge in [0.05, 0.1) is 0 Å². The van der Waals surface area contributed by atoms with Gasteiger partial charge in [-0.15, -0.1) is 0 Å². The summed E-state index contributed by atoms with van der Waals surface area (Å²) in [6.07, 6.45) is 4.45. The molecule has 1 nitrogen and oxygen atoms in total. The maximum atomic E-state index is 3.38. The lowest BCUT2D eigenvalue weighted by atomic mass is 10.1. The van der Waals surface area contributed by atoms with E-state index >= 15 is 0 Å². The highest BCUT2D eigenvalue weighted by Crippen LogP contribution is 2.49. The van der Waals surface area contributed by atoms with Gasteiger partial charge in [0.25, 0.3) is 0 Å². The van der Waals surface area contributed by atoms with Crippen molar-refractivity contribution < 1.29 is 2.85 Å². The monoisotopic (exact) mass is 131 g/mol. The van der Waals surface area contributed by atoms with Crippen molar-refractivity contribution in [2.45, 2.75) is 33.1 Å². The Balaban J connectivity index is 0. The molecule has 2 aliphatic rings. The molecule has 2 rings (SSSR count). The highest BCUT2D eigenvalue weighted by Gasteiger charge is 2.44. The first-order chi connectivity index (χ1) is 4.41. The quantitative estimate of drug-likeness (QED) is 0.532. The summed E-state index contributed by atoms with van der Waals surface area (Å²) in [5.74, 6) is 0. The summed E-state index contributed by atoms with van der Waals surface area (Å²) in [7, 11) is 0. The van der Waals surface area contributed by atoms with Gasteiger partial charge in [-0.2, -0.15) is 0 Å². The van der Waals surface area contributed by atoms with Gasteiger partial charge in [0.2, 0.25) is 0 Å². The third kappa shape index (κ3) is 1.45. The van der Waals surface area contributed by atoms with Crippen LogP contribution >= 0.6 is 0 Å². The molecule has 1 spiro atoms. The molecule has 0 bridgehead atoms. The van der Waals surface area contributed by atoms with Gasteiger partial charge in [-0.05, 0) is 31.2 Å². The number of hydrogen-bond donors (Lipinski definition) is 1. The molecule has 1 saturated carbocycles. The summed E-state index contributed by atoms with van der Waals surface area (Å²) in [6.45, 7) is 6.59. The Bertz CT molecular complexity index is 84.1. The standard InChI is InChI=1S/C6H11N.C2H6.2H2/c1-2-6(1)3-4-7-5-6;1-2;;/h7H,1-5H2;1-2H3;2*1H. The van der Waals surface area contributed by atoms with E-state index in [0.717, 1.165) is 5.41 Å². The minimum Gasteiger partial charge on any atom is -0.316 e. The average molecular weight is 131 g/mol. The van der Waals surface area contributed by atoms with Crippen LogP contribution in [0.2, 0.25) is 0 Å². The SMILES string of the molecule is C1CC2(CC2)CN1.CC.[HH].[HH]. The average Bonchev–Trinajstić information content (AvgIpc) is 2.46. The van der Waals surface area contributed by atoms with Crippen molar-refractivity contribution in [3.05, 3.63) is 0 Å². The summed E-state index contributed by atoms with van der Waals surface area (Å²) in [5.41, 5.74) is 0.833. The van der Waals surface area contributed by atoms with Gasteiger partial charge in [0, 0.05) is 9.40 Å². The van der Waals surface area contributed by atoms with Gasteiger partial charge < -0.3 is 5.32 Å². The fourth-order valence-corrected chi connectivity index (χ4v) is 1.40. The third-order valence-corrected chi connectivity index (χ3v) is 2.29. The highest BCUT2D eigenvalue weighted by atomic mass is 14.9. The van der Waals surface area contributed by atoms with E-state index in [1.807, 2.05) is 13.8 Å². The van der Waals surface area contributed by atoms with Gasteiger partial charge >= 0.3 is 0 Å². The van der Waals surface area contributed by atoms with Crippen LogP contribution in [0.4, 0.5) is 0 Å². The lowest BCUT2D eigenvalue weighted by molar-refractivity contribution is 0.574.